The van der Waals surface area contributed by atoms with Crippen LogP contribution in [0.4, 0.5) is 11.5 Å². The fraction of sp³-hybridized carbons (Fsp3) is 0.476. The Morgan fingerprint density at radius 2 is 1.80 bits per heavy atom. The number of anilines is 1. The van der Waals surface area contributed by atoms with E-state index in [0.717, 1.165) is 5.56 Å². The number of hydrogen-bond donors (Lipinski definition) is 1. The van der Waals surface area contributed by atoms with Crippen LogP contribution in [0.15, 0.2) is 30.3 Å². The van der Waals surface area contributed by atoms with E-state index in [4.69, 9.17) is 9.47 Å². The van der Waals surface area contributed by atoms with Crippen molar-refractivity contribution in [2.75, 3.05) is 25.1 Å². The third kappa shape index (κ3) is 8.12. The minimum Gasteiger partial charge on any atom is -0.458 e. The lowest BCUT2D eigenvalue weighted by atomic mass is 10.2. The maximum atomic E-state index is 11.6. The minimum absolute atomic E-state index is 0.109. The molecule has 30 heavy (non-hydrogen) atoms. The van der Waals surface area contributed by atoms with Gasteiger partial charge in [-0.1, -0.05) is 44.2 Å². The number of benzene rings is 1. The molecule has 164 valence electrons. The second-order valence-corrected chi connectivity index (χ2v) is 7.02. The number of aromatic nitrogens is 2. The molecule has 0 spiro atoms. The second-order valence-electron chi connectivity index (χ2n) is 7.02. The molecule has 2 rings (SSSR count). The van der Waals surface area contributed by atoms with Crippen LogP contribution in [-0.4, -0.2) is 46.2 Å². The lowest BCUT2D eigenvalue weighted by Gasteiger charge is -2.19. The van der Waals surface area contributed by atoms with Crippen LogP contribution in [0.2, 0.25) is 0 Å². The number of carbonyl (C=O) groups is 1. The zero-order valence-electron chi connectivity index (χ0n) is 18.4. The van der Waals surface area contributed by atoms with Crippen molar-refractivity contribution in [3.05, 3.63) is 46.1 Å². The first-order valence-corrected chi connectivity index (χ1v) is 9.79. The summed E-state index contributed by atoms with van der Waals surface area (Å²) >= 11 is 0. The Labute approximate surface area is 177 Å². The number of nitrogens with zero attached hydrogens (tertiary/aromatic N) is 3. The van der Waals surface area contributed by atoms with Gasteiger partial charge in [0.25, 0.3) is 0 Å². The van der Waals surface area contributed by atoms with E-state index in [1.165, 1.54) is 0 Å². The van der Waals surface area contributed by atoms with Gasteiger partial charge in [0.05, 0.1) is 11.5 Å². The van der Waals surface area contributed by atoms with Gasteiger partial charge < -0.3 is 14.8 Å². The Hall–Kier alpha value is -3.07. The van der Waals surface area contributed by atoms with Crippen LogP contribution in [-0.2, 0) is 14.3 Å². The first-order chi connectivity index (χ1) is 14.2. The van der Waals surface area contributed by atoms with Crippen LogP contribution in [0.1, 0.15) is 40.3 Å². The quantitative estimate of drug-likeness (QED) is 0.294. The molecular formula is C21H30N4O5. The average molecular weight is 418 g/mol. The highest BCUT2D eigenvalue weighted by atomic mass is 16.6. The van der Waals surface area contributed by atoms with E-state index < -0.39 is 16.5 Å². The summed E-state index contributed by atoms with van der Waals surface area (Å²) in [4.78, 5) is 31.0. The molecule has 1 N–H and O–H groups in total. The molecule has 0 fully saturated rings. The van der Waals surface area contributed by atoms with Crippen molar-refractivity contribution < 1.29 is 19.2 Å². The summed E-state index contributed by atoms with van der Waals surface area (Å²) < 4.78 is 10.4. The maximum absolute atomic E-state index is 11.6. The maximum Gasteiger partial charge on any atom is 0.332 e. The Balaban J connectivity index is 0.00000218. The van der Waals surface area contributed by atoms with Gasteiger partial charge >= 0.3 is 11.7 Å². The lowest BCUT2D eigenvalue weighted by molar-refractivity contribution is -0.385. The van der Waals surface area contributed by atoms with Crippen LogP contribution >= 0.6 is 0 Å². The standard InChI is InChI=1S/C19H24N4O5.C2H6/c1-13-16(23(25)26)18(22-17(21-13)14-8-6-5-7-9-14)20-10-11-27-12-15(24)28-19(2,3)4;1-2/h5-9H,10-12H2,1-4H3,(H,20,21,22);1-2H3. The number of esters is 1. The molecule has 1 aromatic heterocycles. The number of nitro groups is 1. The van der Waals surface area contributed by atoms with Crippen molar-refractivity contribution in [1.29, 1.82) is 0 Å². The SMILES string of the molecule is CC.Cc1nc(-c2ccccc2)nc(NCCOCC(=O)OC(C)(C)C)c1[N+](=O)[O-]. The van der Waals surface area contributed by atoms with Gasteiger partial charge in [-0.25, -0.2) is 14.8 Å². The molecule has 0 saturated heterocycles. The molecule has 1 heterocycles. The topological polar surface area (TPSA) is 116 Å². The number of hydrogen-bond acceptors (Lipinski definition) is 8. The predicted molar refractivity (Wildman–Crippen MR) is 115 cm³/mol. The van der Waals surface area contributed by atoms with Crippen LogP contribution in [0, 0.1) is 17.0 Å². The molecule has 0 aliphatic rings. The van der Waals surface area contributed by atoms with Gasteiger partial charge in [0.15, 0.2) is 5.82 Å². The summed E-state index contributed by atoms with van der Waals surface area (Å²) in [5, 5.41) is 14.3. The van der Waals surface area contributed by atoms with Gasteiger partial charge in [0, 0.05) is 12.1 Å². The Kier molecular flexibility index (Phi) is 9.83. The highest BCUT2D eigenvalue weighted by molar-refractivity contribution is 5.71. The van der Waals surface area contributed by atoms with Crippen LogP contribution in [0.3, 0.4) is 0 Å². The van der Waals surface area contributed by atoms with Crippen molar-refractivity contribution in [3.8, 4) is 11.4 Å². The molecular weight excluding hydrogens is 388 g/mol. The molecule has 0 amide bonds. The summed E-state index contributed by atoms with van der Waals surface area (Å²) in [7, 11) is 0. The zero-order chi connectivity index (χ0) is 22.7. The molecule has 0 bridgehead atoms. The number of carbonyl (C=O) groups excluding carboxylic acids is 1. The zero-order valence-corrected chi connectivity index (χ0v) is 18.4. The summed E-state index contributed by atoms with van der Waals surface area (Å²) in [5.41, 5.74) is 0.249. The second kappa shape index (κ2) is 11.8. The first-order valence-electron chi connectivity index (χ1n) is 9.79. The lowest BCUT2D eigenvalue weighted by Crippen LogP contribution is -2.27. The number of rotatable bonds is 8. The molecule has 0 aliphatic carbocycles. The molecule has 9 nitrogen and oxygen atoms in total. The van der Waals surface area contributed by atoms with Gasteiger partial charge in [0.1, 0.15) is 17.9 Å². The summed E-state index contributed by atoms with van der Waals surface area (Å²) in [5.74, 6) is 0.0285. The molecule has 1 aromatic carbocycles. The third-order valence-electron chi connectivity index (χ3n) is 3.45. The van der Waals surface area contributed by atoms with Gasteiger partial charge in [-0.3, -0.25) is 10.1 Å². The van der Waals surface area contributed by atoms with Crippen molar-refractivity contribution >= 4 is 17.5 Å². The smallest absolute Gasteiger partial charge is 0.332 e. The van der Waals surface area contributed by atoms with E-state index >= 15 is 0 Å². The van der Waals surface area contributed by atoms with Gasteiger partial charge in [-0.05, 0) is 27.7 Å². The molecule has 0 radical (unpaired) electrons. The van der Waals surface area contributed by atoms with Gasteiger partial charge in [-0.2, -0.15) is 0 Å². The van der Waals surface area contributed by atoms with Crippen molar-refractivity contribution in [2.45, 2.75) is 47.1 Å². The number of aryl methyl sites for hydroxylation is 1. The molecule has 0 aliphatic heterocycles. The van der Waals surface area contributed by atoms with Crippen LogP contribution in [0.25, 0.3) is 11.4 Å². The summed E-state index contributed by atoms with van der Waals surface area (Å²) in [6.45, 7) is 11.1. The molecule has 2 aromatic rings. The van der Waals surface area contributed by atoms with E-state index in [1.54, 1.807) is 27.7 Å². The fourth-order valence-corrected chi connectivity index (χ4v) is 2.39. The Bertz CT molecular complexity index is 835. The predicted octanol–water partition coefficient (Wildman–Crippen LogP) is 4.16. The summed E-state index contributed by atoms with van der Waals surface area (Å²) in [6.07, 6.45) is 0. The minimum atomic E-state index is -0.578. The van der Waals surface area contributed by atoms with E-state index in [0.29, 0.717) is 5.82 Å². The van der Waals surface area contributed by atoms with E-state index in [2.05, 4.69) is 15.3 Å². The third-order valence-corrected chi connectivity index (χ3v) is 3.45. The fourth-order valence-electron chi connectivity index (χ4n) is 2.39. The van der Waals surface area contributed by atoms with Crippen molar-refractivity contribution in [1.82, 2.24) is 9.97 Å². The Morgan fingerprint density at radius 3 is 2.37 bits per heavy atom. The molecule has 0 atom stereocenters. The van der Waals surface area contributed by atoms with Crippen molar-refractivity contribution in [3.63, 3.8) is 0 Å². The highest BCUT2D eigenvalue weighted by Gasteiger charge is 2.22. The Morgan fingerprint density at radius 1 is 1.17 bits per heavy atom. The van der Waals surface area contributed by atoms with Gasteiger partial charge in [0.2, 0.25) is 5.82 Å². The molecule has 0 saturated carbocycles. The summed E-state index contributed by atoms with van der Waals surface area (Å²) in [6, 6.07) is 9.20. The van der Waals surface area contributed by atoms with Crippen molar-refractivity contribution in [2.24, 2.45) is 0 Å². The monoisotopic (exact) mass is 418 g/mol. The van der Waals surface area contributed by atoms with Crippen LogP contribution in [0.5, 0.6) is 0 Å². The molecule has 0 unspecified atom stereocenters. The van der Waals surface area contributed by atoms with E-state index in [9.17, 15) is 14.9 Å². The first kappa shape index (κ1) is 25.0. The number of ether oxygens (including phenoxy) is 2. The van der Waals surface area contributed by atoms with Crippen LogP contribution < -0.4 is 5.32 Å². The van der Waals surface area contributed by atoms with E-state index in [1.807, 2.05) is 44.2 Å². The average Bonchev–Trinajstić information content (AvgIpc) is 2.68. The highest BCUT2D eigenvalue weighted by Crippen LogP contribution is 2.28. The largest absolute Gasteiger partial charge is 0.458 e. The van der Waals surface area contributed by atoms with Gasteiger partial charge in [-0.15, -0.1) is 0 Å². The normalized spacial score (nSPS) is 10.6. The number of nitrogens with one attached hydrogen (secondary N) is 1. The molecule has 9 heteroatoms. The van der Waals surface area contributed by atoms with E-state index in [-0.39, 0.29) is 37.0 Å².